The Labute approximate surface area is 202 Å². The Hall–Kier alpha value is -1.84. The van der Waals surface area contributed by atoms with Crippen molar-refractivity contribution in [1.29, 1.82) is 0 Å². The maximum absolute atomic E-state index is 6.20. The molecule has 7 heteroatoms. The summed E-state index contributed by atoms with van der Waals surface area (Å²) in [6, 6.07) is 19.6. The van der Waals surface area contributed by atoms with Gasteiger partial charge in [0.2, 0.25) is 0 Å². The number of rotatable bonds is 6. The number of nitrogens with zero attached hydrogens (tertiary/aromatic N) is 3. The van der Waals surface area contributed by atoms with Gasteiger partial charge in [-0.2, -0.15) is 0 Å². The monoisotopic (exact) mass is 535 g/mol. The third kappa shape index (κ3) is 6.33. The van der Waals surface area contributed by atoms with Gasteiger partial charge < -0.3 is 20.7 Å². The fraction of sp³-hybridized carbons (Fsp3) is 0.458. The Morgan fingerprint density at radius 3 is 2.74 bits per heavy atom. The fourth-order valence-electron chi connectivity index (χ4n) is 4.41. The average Bonchev–Trinajstić information content (AvgIpc) is 2.78. The molecule has 2 unspecified atom stereocenters. The minimum absolute atomic E-state index is 0. The molecule has 1 saturated heterocycles. The van der Waals surface area contributed by atoms with Gasteiger partial charge in [-0.3, -0.25) is 9.89 Å². The highest BCUT2D eigenvalue weighted by atomic mass is 127. The van der Waals surface area contributed by atoms with Crippen molar-refractivity contribution in [2.45, 2.75) is 24.9 Å². The molecule has 31 heavy (non-hydrogen) atoms. The Kier molecular flexibility index (Phi) is 8.98. The molecule has 0 bridgehead atoms. The van der Waals surface area contributed by atoms with Crippen LogP contribution in [0.25, 0.3) is 0 Å². The first-order valence-electron chi connectivity index (χ1n) is 11.0. The van der Waals surface area contributed by atoms with Gasteiger partial charge in [0.1, 0.15) is 5.75 Å². The van der Waals surface area contributed by atoms with Crippen molar-refractivity contribution < 1.29 is 4.74 Å². The summed E-state index contributed by atoms with van der Waals surface area (Å²) in [5, 5.41) is 3.38. The molecule has 2 atom stereocenters. The van der Waals surface area contributed by atoms with Crippen molar-refractivity contribution in [2.24, 2.45) is 10.7 Å². The zero-order valence-electron chi connectivity index (χ0n) is 18.2. The topological polar surface area (TPSA) is 66.1 Å². The molecule has 6 nitrogen and oxygen atoms in total. The van der Waals surface area contributed by atoms with Crippen LogP contribution in [0.3, 0.4) is 0 Å². The number of guanidine groups is 1. The van der Waals surface area contributed by atoms with E-state index in [2.05, 4.69) is 63.6 Å². The molecule has 2 aliphatic heterocycles. The number of fused-ring (bicyclic) bond motifs is 1. The molecule has 2 heterocycles. The summed E-state index contributed by atoms with van der Waals surface area (Å²) in [6.07, 6.45) is 1.90. The molecule has 2 aromatic rings. The SMILES string of the molecule is CN1CCN(CCCN=C(N)NC2CCOc3ccccc32)C(c2ccccc2)C1.I. The number of halogens is 1. The minimum atomic E-state index is 0. The predicted molar refractivity (Wildman–Crippen MR) is 137 cm³/mol. The summed E-state index contributed by atoms with van der Waals surface area (Å²) < 4.78 is 5.73. The van der Waals surface area contributed by atoms with Crippen LogP contribution in [0.15, 0.2) is 59.6 Å². The fourth-order valence-corrected chi connectivity index (χ4v) is 4.41. The van der Waals surface area contributed by atoms with Gasteiger partial charge in [0.05, 0.1) is 12.6 Å². The molecule has 3 N–H and O–H groups in total. The van der Waals surface area contributed by atoms with Gasteiger partial charge in [-0.05, 0) is 25.1 Å². The molecular weight excluding hydrogens is 501 g/mol. The van der Waals surface area contributed by atoms with Gasteiger partial charge >= 0.3 is 0 Å². The Bertz CT molecular complexity index is 847. The molecule has 0 saturated carbocycles. The van der Waals surface area contributed by atoms with E-state index < -0.39 is 0 Å². The van der Waals surface area contributed by atoms with Crippen LogP contribution in [0, 0.1) is 0 Å². The van der Waals surface area contributed by atoms with Crippen LogP contribution >= 0.6 is 24.0 Å². The summed E-state index contributed by atoms with van der Waals surface area (Å²) in [5.74, 6) is 1.46. The lowest BCUT2D eigenvalue weighted by molar-refractivity contribution is 0.0894. The van der Waals surface area contributed by atoms with E-state index in [1.54, 1.807) is 0 Å². The molecule has 2 aliphatic rings. The summed E-state index contributed by atoms with van der Waals surface area (Å²) >= 11 is 0. The lowest BCUT2D eigenvalue weighted by Gasteiger charge is -2.40. The van der Waals surface area contributed by atoms with Gasteiger partial charge in [-0.25, -0.2) is 0 Å². The lowest BCUT2D eigenvalue weighted by Crippen LogP contribution is -2.47. The van der Waals surface area contributed by atoms with Crippen molar-refractivity contribution in [3.05, 3.63) is 65.7 Å². The Balaban J connectivity index is 0.00000272. The van der Waals surface area contributed by atoms with E-state index in [0.29, 0.717) is 18.6 Å². The number of hydrogen-bond donors (Lipinski definition) is 2. The Morgan fingerprint density at radius 2 is 1.90 bits per heavy atom. The van der Waals surface area contributed by atoms with Gasteiger partial charge in [0, 0.05) is 50.7 Å². The second-order valence-electron chi connectivity index (χ2n) is 8.22. The number of hydrogen-bond acceptors (Lipinski definition) is 4. The highest BCUT2D eigenvalue weighted by Gasteiger charge is 2.26. The van der Waals surface area contributed by atoms with Gasteiger partial charge in [0.15, 0.2) is 5.96 Å². The first-order chi connectivity index (χ1) is 14.7. The largest absolute Gasteiger partial charge is 0.493 e. The average molecular weight is 535 g/mol. The maximum Gasteiger partial charge on any atom is 0.189 e. The number of nitrogens with one attached hydrogen (secondary N) is 1. The molecule has 0 aromatic heterocycles. The van der Waals surface area contributed by atoms with E-state index in [9.17, 15) is 0 Å². The summed E-state index contributed by atoms with van der Waals surface area (Å²) in [7, 11) is 2.21. The van der Waals surface area contributed by atoms with Crippen LogP contribution in [-0.2, 0) is 0 Å². The zero-order valence-corrected chi connectivity index (χ0v) is 20.6. The number of aliphatic imine (C=N–C) groups is 1. The van der Waals surface area contributed by atoms with E-state index in [0.717, 1.165) is 56.9 Å². The normalized spacial score (nSPS) is 22.2. The predicted octanol–water partition coefficient (Wildman–Crippen LogP) is 3.41. The summed E-state index contributed by atoms with van der Waals surface area (Å²) in [4.78, 5) is 9.60. The van der Waals surface area contributed by atoms with E-state index in [4.69, 9.17) is 10.5 Å². The first-order valence-corrected chi connectivity index (χ1v) is 11.0. The second-order valence-corrected chi connectivity index (χ2v) is 8.22. The number of para-hydroxylation sites is 1. The van der Waals surface area contributed by atoms with Crippen molar-refractivity contribution in [1.82, 2.24) is 15.1 Å². The van der Waals surface area contributed by atoms with Crippen molar-refractivity contribution >= 4 is 29.9 Å². The molecule has 0 aliphatic carbocycles. The highest BCUT2D eigenvalue weighted by Crippen LogP contribution is 2.31. The third-order valence-electron chi connectivity index (χ3n) is 6.04. The smallest absolute Gasteiger partial charge is 0.189 e. The third-order valence-corrected chi connectivity index (χ3v) is 6.04. The van der Waals surface area contributed by atoms with E-state index in [-0.39, 0.29) is 30.0 Å². The van der Waals surface area contributed by atoms with Gasteiger partial charge in [0.25, 0.3) is 0 Å². The van der Waals surface area contributed by atoms with Crippen molar-refractivity contribution in [3.8, 4) is 5.75 Å². The second kappa shape index (κ2) is 11.7. The molecule has 0 radical (unpaired) electrons. The number of ether oxygens (including phenoxy) is 1. The Morgan fingerprint density at radius 1 is 1.13 bits per heavy atom. The van der Waals surface area contributed by atoms with Crippen molar-refractivity contribution in [2.75, 3.05) is 46.4 Å². The molecular formula is C24H34IN5O. The summed E-state index contributed by atoms with van der Waals surface area (Å²) in [6.45, 7) is 5.74. The van der Waals surface area contributed by atoms with Crippen molar-refractivity contribution in [3.63, 3.8) is 0 Å². The minimum Gasteiger partial charge on any atom is -0.493 e. The maximum atomic E-state index is 6.20. The molecule has 168 valence electrons. The number of likely N-dealkylation sites (N-methyl/N-ethyl adjacent to an activating group) is 1. The van der Waals surface area contributed by atoms with E-state index >= 15 is 0 Å². The molecule has 1 fully saturated rings. The van der Waals surface area contributed by atoms with E-state index in [1.165, 1.54) is 5.56 Å². The molecule has 0 amide bonds. The first kappa shape index (κ1) is 23.8. The number of piperazine rings is 1. The summed E-state index contributed by atoms with van der Waals surface area (Å²) in [5.41, 5.74) is 8.75. The van der Waals surface area contributed by atoms with Crippen LogP contribution in [0.4, 0.5) is 0 Å². The van der Waals surface area contributed by atoms with Gasteiger partial charge in [-0.15, -0.1) is 24.0 Å². The van der Waals surface area contributed by atoms with Crippen LogP contribution in [0.2, 0.25) is 0 Å². The zero-order chi connectivity index (χ0) is 20.8. The van der Waals surface area contributed by atoms with E-state index in [1.807, 2.05) is 18.2 Å². The number of benzene rings is 2. The quantitative estimate of drug-likeness (QED) is 0.257. The van der Waals surface area contributed by atoms with Crippen LogP contribution < -0.4 is 15.8 Å². The molecule has 4 rings (SSSR count). The molecule has 2 aromatic carbocycles. The van der Waals surface area contributed by atoms with Crippen LogP contribution in [0.1, 0.15) is 36.1 Å². The number of nitrogens with two attached hydrogens (primary N) is 1. The standard InChI is InChI=1S/C24H33N5O.HI/c1-28-15-16-29(22(18-28)19-8-3-2-4-9-19)14-7-13-26-24(25)27-21-12-17-30-23-11-6-5-10-20(21)23;/h2-6,8-11,21-22H,7,12-18H2,1H3,(H3,25,26,27);1H. The van der Waals surface area contributed by atoms with Crippen LogP contribution in [0.5, 0.6) is 5.75 Å². The highest BCUT2D eigenvalue weighted by molar-refractivity contribution is 14.0. The lowest BCUT2D eigenvalue weighted by atomic mass is 10.0. The van der Waals surface area contributed by atoms with Gasteiger partial charge in [-0.1, -0.05) is 48.5 Å². The molecule has 0 spiro atoms. The van der Waals surface area contributed by atoms with Crippen LogP contribution in [-0.4, -0.2) is 62.1 Å².